The van der Waals surface area contributed by atoms with E-state index in [0.29, 0.717) is 17.6 Å². The maximum Gasteiger partial charge on any atom is 0.471 e. The minimum atomic E-state index is -4.74. The van der Waals surface area contributed by atoms with E-state index in [1.54, 1.807) is 0 Å². The van der Waals surface area contributed by atoms with Crippen molar-refractivity contribution in [1.29, 1.82) is 0 Å². The highest BCUT2D eigenvalue weighted by Crippen LogP contribution is 2.38. The lowest BCUT2D eigenvalue weighted by molar-refractivity contribution is -0.159. The Morgan fingerprint density at radius 2 is 2.00 bits per heavy atom. The molecule has 0 amide bonds. The van der Waals surface area contributed by atoms with Crippen LogP contribution in [0.4, 0.5) is 13.2 Å². The highest BCUT2D eigenvalue weighted by Gasteiger charge is 2.38. The van der Waals surface area contributed by atoms with Gasteiger partial charge >= 0.3 is 12.1 Å². The van der Waals surface area contributed by atoms with Crippen molar-refractivity contribution in [3.63, 3.8) is 0 Å². The minimum absolute atomic E-state index is 0.0926. The number of alkyl halides is 3. The number of hydrogen-bond donors (Lipinski definition) is 0. The average Bonchev–Trinajstić information content (AvgIpc) is 3.09. The van der Waals surface area contributed by atoms with Gasteiger partial charge in [-0.05, 0) is 18.9 Å². The van der Waals surface area contributed by atoms with E-state index in [0.717, 1.165) is 18.9 Å². The molecule has 0 N–H and O–H groups in total. The molecule has 11 heteroatoms. The smallest absolute Gasteiger partial charge is 0.339 e. The molecule has 1 saturated carbocycles. The molecule has 0 aromatic carbocycles. The van der Waals surface area contributed by atoms with Gasteiger partial charge in [0, 0.05) is 23.7 Å². The van der Waals surface area contributed by atoms with Crippen LogP contribution >= 0.6 is 0 Å². The van der Waals surface area contributed by atoms with Gasteiger partial charge in [0.15, 0.2) is 5.82 Å². The van der Waals surface area contributed by atoms with Crippen molar-refractivity contribution in [2.24, 2.45) is 0 Å². The average molecular weight is 353 g/mol. The second-order valence-electron chi connectivity index (χ2n) is 5.63. The Labute approximate surface area is 137 Å². The standard InChI is InChI=1S/C14H10F3N5O3/c15-14(16,17)13-19-11(21-25-13)8-3-4-22(10(23)5-8)6-9-18-12(24-20-9)7-1-2-7/h3-5,7H,1-2,6H2. The first-order valence-corrected chi connectivity index (χ1v) is 7.34. The van der Waals surface area contributed by atoms with Crippen LogP contribution in [0.5, 0.6) is 0 Å². The van der Waals surface area contributed by atoms with E-state index in [1.165, 1.54) is 16.8 Å². The van der Waals surface area contributed by atoms with Gasteiger partial charge < -0.3 is 13.6 Å². The lowest BCUT2D eigenvalue weighted by Crippen LogP contribution is -2.19. The maximum atomic E-state index is 12.5. The van der Waals surface area contributed by atoms with Crippen molar-refractivity contribution in [3.05, 3.63) is 46.3 Å². The molecule has 1 aliphatic carbocycles. The van der Waals surface area contributed by atoms with Crippen molar-refractivity contribution in [2.75, 3.05) is 0 Å². The van der Waals surface area contributed by atoms with Crippen LogP contribution in [0.25, 0.3) is 11.4 Å². The van der Waals surface area contributed by atoms with Gasteiger partial charge in [-0.15, -0.1) is 0 Å². The molecule has 1 aliphatic rings. The molecule has 8 nitrogen and oxygen atoms in total. The maximum absolute atomic E-state index is 12.5. The predicted molar refractivity (Wildman–Crippen MR) is 74.4 cm³/mol. The van der Waals surface area contributed by atoms with Gasteiger partial charge in [-0.3, -0.25) is 4.79 Å². The van der Waals surface area contributed by atoms with Gasteiger partial charge in [-0.2, -0.15) is 23.1 Å². The highest BCUT2D eigenvalue weighted by atomic mass is 19.4. The van der Waals surface area contributed by atoms with E-state index in [1.807, 2.05) is 0 Å². The SMILES string of the molecule is O=c1cc(-c2noc(C(F)(F)F)n2)ccn1Cc1noc(C2CC2)n1. The van der Waals surface area contributed by atoms with Crippen molar-refractivity contribution in [1.82, 2.24) is 24.8 Å². The van der Waals surface area contributed by atoms with Gasteiger partial charge in [-0.1, -0.05) is 10.3 Å². The van der Waals surface area contributed by atoms with Gasteiger partial charge in [0.05, 0.1) is 6.54 Å². The molecule has 0 aliphatic heterocycles. The number of nitrogens with zero attached hydrogens (tertiary/aromatic N) is 5. The van der Waals surface area contributed by atoms with Crippen LogP contribution in [0.3, 0.4) is 0 Å². The summed E-state index contributed by atoms with van der Waals surface area (Å²) in [6, 6.07) is 2.53. The Kier molecular flexibility index (Phi) is 3.44. The molecule has 25 heavy (non-hydrogen) atoms. The van der Waals surface area contributed by atoms with Gasteiger partial charge in [-0.25, -0.2) is 0 Å². The largest absolute Gasteiger partial charge is 0.471 e. The topological polar surface area (TPSA) is 99.8 Å². The molecule has 3 aromatic rings. The summed E-state index contributed by atoms with van der Waals surface area (Å²) >= 11 is 0. The Balaban J connectivity index is 1.55. The summed E-state index contributed by atoms with van der Waals surface area (Å²) in [4.78, 5) is 19.6. The molecular formula is C14H10F3N5O3. The summed E-state index contributed by atoms with van der Waals surface area (Å²) in [6.07, 6.45) is -1.31. The zero-order chi connectivity index (χ0) is 17.6. The third-order valence-electron chi connectivity index (χ3n) is 3.64. The third-order valence-corrected chi connectivity index (χ3v) is 3.64. The molecule has 0 bridgehead atoms. The van der Waals surface area contributed by atoms with E-state index >= 15 is 0 Å². The lowest BCUT2D eigenvalue weighted by atomic mass is 10.2. The van der Waals surface area contributed by atoms with Crippen LogP contribution in [0.2, 0.25) is 0 Å². The summed E-state index contributed by atoms with van der Waals surface area (Å²) in [5.74, 6) is -0.554. The van der Waals surface area contributed by atoms with Crippen molar-refractivity contribution >= 4 is 0 Å². The van der Waals surface area contributed by atoms with Crippen molar-refractivity contribution in [3.8, 4) is 11.4 Å². The predicted octanol–water partition coefficient (Wildman–Crippen LogP) is 2.23. The van der Waals surface area contributed by atoms with Crippen LogP contribution in [0.15, 0.2) is 32.2 Å². The summed E-state index contributed by atoms with van der Waals surface area (Å²) in [5, 5.41) is 7.06. The van der Waals surface area contributed by atoms with Crippen LogP contribution in [0.1, 0.15) is 36.4 Å². The zero-order valence-electron chi connectivity index (χ0n) is 12.5. The molecule has 3 aromatic heterocycles. The Hall–Kier alpha value is -2.98. The summed E-state index contributed by atoms with van der Waals surface area (Å²) in [6.45, 7) is 0.0926. The van der Waals surface area contributed by atoms with E-state index in [-0.39, 0.29) is 17.9 Å². The van der Waals surface area contributed by atoms with Crippen LogP contribution in [-0.4, -0.2) is 24.8 Å². The highest BCUT2D eigenvalue weighted by molar-refractivity contribution is 5.52. The monoisotopic (exact) mass is 353 g/mol. The first-order valence-electron chi connectivity index (χ1n) is 7.34. The summed E-state index contributed by atoms with van der Waals surface area (Å²) in [5.41, 5.74) is -0.346. The quantitative estimate of drug-likeness (QED) is 0.709. The van der Waals surface area contributed by atoms with Crippen molar-refractivity contribution < 1.29 is 22.2 Å². The number of aromatic nitrogens is 5. The van der Waals surface area contributed by atoms with Crippen LogP contribution < -0.4 is 5.56 Å². The Bertz CT molecular complexity index is 970. The zero-order valence-corrected chi connectivity index (χ0v) is 12.5. The van der Waals surface area contributed by atoms with E-state index in [2.05, 4.69) is 24.8 Å². The fourth-order valence-corrected chi connectivity index (χ4v) is 2.21. The second-order valence-corrected chi connectivity index (χ2v) is 5.63. The molecule has 0 saturated heterocycles. The van der Waals surface area contributed by atoms with E-state index < -0.39 is 17.6 Å². The second kappa shape index (κ2) is 5.53. The van der Waals surface area contributed by atoms with Crippen molar-refractivity contribution in [2.45, 2.75) is 31.5 Å². The summed E-state index contributed by atoms with van der Waals surface area (Å²) in [7, 11) is 0. The minimum Gasteiger partial charge on any atom is -0.339 e. The fourth-order valence-electron chi connectivity index (χ4n) is 2.21. The molecule has 130 valence electrons. The first kappa shape index (κ1) is 15.5. The molecule has 1 fully saturated rings. The van der Waals surface area contributed by atoms with E-state index in [9.17, 15) is 18.0 Å². The fraction of sp³-hybridized carbons (Fsp3) is 0.357. The number of pyridine rings is 1. The molecular weight excluding hydrogens is 343 g/mol. The lowest BCUT2D eigenvalue weighted by Gasteiger charge is -2.02. The number of halogens is 3. The summed E-state index contributed by atoms with van der Waals surface area (Å²) < 4.78 is 48.0. The first-order chi connectivity index (χ1) is 11.9. The molecule has 3 heterocycles. The Morgan fingerprint density at radius 3 is 2.64 bits per heavy atom. The van der Waals surface area contributed by atoms with Crippen LogP contribution in [-0.2, 0) is 12.7 Å². The van der Waals surface area contributed by atoms with E-state index in [4.69, 9.17) is 4.52 Å². The molecule has 0 radical (unpaired) electrons. The van der Waals surface area contributed by atoms with Gasteiger partial charge in [0.1, 0.15) is 0 Å². The molecule has 0 spiro atoms. The number of hydrogen-bond acceptors (Lipinski definition) is 7. The molecule has 4 rings (SSSR count). The third kappa shape index (κ3) is 3.16. The van der Waals surface area contributed by atoms with Crippen LogP contribution in [0, 0.1) is 0 Å². The van der Waals surface area contributed by atoms with Gasteiger partial charge in [0.2, 0.25) is 11.7 Å². The normalized spacial score (nSPS) is 14.8. The number of rotatable bonds is 4. The molecule has 0 unspecified atom stereocenters. The van der Waals surface area contributed by atoms with Gasteiger partial charge in [0.25, 0.3) is 5.56 Å². The Morgan fingerprint density at radius 1 is 1.20 bits per heavy atom. The molecule has 0 atom stereocenters.